The van der Waals surface area contributed by atoms with Crippen molar-refractivity contribution in [3.8, 4) is 0 Å². The number of imidazole rings is 1. The average molecular weight is 443 g/mol. The average Bonchev–Trinajstić information content (AvgIpc) is 3.00. The molecule has 146 valence electrons. The number of halogens is 1. The zero-order chi connectivity index (χ0) is 19.9. The van der Waals surface area contributed by atoms with E-state index in [4.69, 9.17) is 0 Å². The fourth-order valence-electron chi connectivity index (χ4n) is 3.05. The Morgan fingerprint density at radius 1 is 1.11 bits per heavy atom. The molecule has 0 aliphatic carbocycles. The Hall–Kier alpha value is -2.67. The van der Waals surface area contributed by atoms with Crippen LogP contribution in [-0.4, -0.2) is 27.7 Å². The van der Waals surface area contributed by atoms with Crippen LogP contribution >= 0.6 is 15.9 Å². The second-order valence-corrected chi connectivity index (χ2v) is 7.52. The quantitative estimate of drug-likeness (QED) is 0.509. The number of nitrogens with one attached hydrogen (secondary N) is 2. The number of carbonyl (C=O) groups is 2. The number of aryl methyl sites for hydroxylation is 1. The number of benzene rings is 1. The van der Waals surface area contributed by atoms with E-state index in [1.54, 1.807) is 4.40 Å². The normalized spacial score (nSPS) is 10.8. The van der Waals surface area contributed by atoms with Gasteiger partial charge in [-0.3, -0.25) is 14.0 Å². The predicted molar refractivity (Wildman–Crippen MR) is 114 cm³/mol. The number of nitrogens with zero attached hydrogens (tertiary/aromatic N) is 2. The third-order valence-corrected chi connectivity index (χ3v) is 4.89. The van der Waals surface area contributed by atoms with Gasteiger partial charge in [0.1, 0.15) is 11.3 Å². The van der Waals surface area contributed by atoms with Crippen molar-refractivity contribution in [2.75, 3.05) is 11.9 Å². The van der Waals surface area contributed by atoms with Gasteiger partial charge >= 0.3 is 0 Å². The third kappa shape index (κ3) is 5.19. The standard InChI is InChI=1S/C21H23BrN4O2/c1-15-20(26-13-6-4-10-18(26)24-15)21(28)23-12-5-2-3-11-19(27)25-17-9-7-8-16(22)14-17/h4,6-10,13-14H,2-3,5,11-12H2,1H3,(H,23,28)(H,25,27). The molecule has 3 rings (SSSR count). The van der Waals surface area contributed by atoms with E-state index < -0.39 is 0 Å². The zero-order valence-corrected chi connectivity index (χ0v) is 17.3. The lowest BCUT2D eigenvalue weighted by Crippen LogP contribution is -2.26. The Morgan fingerprint density at radius 3 is 2.79 bits per heavy atom. The first-order chi connectivity index (χ1) is 13.5. The number of rotatable bonds is 8. The molecule has 2 aromatic heterocycles. The number of carbonyl (C=O) groups excluding carboxylic acids is 2. The van der Waals surface area contributed by atoms with Crippen LogP contribution in [0.3, 0.4) is 0 Å². The van der Waals surface area contributed by atoms with Gasteiger partial charge < -0.3 is 10.6 Å². The fourth-order valence-corrected chi connectivity index (χ4v) is 3.45. The Bertz CT molecular complexity index is 983. The molecule has 28 heavy (non-hydrogen) atoms. The molecule has 0 saturated carbocycles. The molecule has 0 aliphatic heterocycles. The molecule has 0 bridgehead atoms. The van der Waals surface area contributed by atoms with Crippen molar-refractivity contribution < 1.29 is 9.59 Å². The smallest absolute Gasteiger partial charge is 0.270 e. The van der Waals surface area contributed by atoms with Crippen LogP contribution in [0.25, 0.3) is 5.65 Å². The molecule has 0 radical (unpaired) electrons. The molecular formula is C21H23BrN4O2. The highest BCUT2D eigenvalue weighted by molar-refractivity contribution is 9.10. The van der Waals surface area contributed by atoms with Gasteiger partial charge in [0.25, 0.3) is 5.91 Å². The molecule has 2 amide bonds. The monoisotopic (exact) mass is 442 g/mol. The second-order valence-electron chi connectivity index (χ2n) is 6.60. The first-order valence-corrected chi connectivity index (χ1v) is 10.1. The van der Waals surface area contributed by atoms with Crippen LogP contribution in [0.5, 0.6) is 0 Å². The summed E-state index contributed by atoms with van der Waals surface area (Å²) in [6.45, 7) is 2.41. The lowest BCUT2D eigenvalue weighted by Gasteiger charge is -2.07. The van der Waals surface area contributed by atoms with E-state index in [1.165, 1.54) is 0 Å². The van der Waals surface area contributed by atoms with Crippen LogP contribution in [0.1, 0.15) is 41.9 Å². The minimum absolute atomic E-state index is 0.00323. The van der Waals surface area contributed by atoms with E-state index in [0.29, 0.717) is 24.4 Å². The highest BCUT2D eigenvalue weighted by Crippen LogP contribution is 2.16. The van der Waals surface area contributed by atoms with Crippen molar-refractivity contribution in [2.45, 2.75) is 32.6 Å². The van der Waals surface area contributed by atoms with E-state index in [2.05, 4.69) is 31.5 Å². The van der Waals surface area contributed by atoms with Gasteiger partial charge in [0, 0.05) is 29.3 Å². The lowest BCUT2D eigenvalue weighted by molar-refractivity contribution is -0.116. The highest BCUT2D eigenvalue weighted by atomic mass is 79.9. The summed E-state index contributed by atoms with van der Waals surface area (Å²) in [6.07, 6.45) is 4.79. The summed E-state index contributed by atoms with van der Waals surface area (Å²) in [5.41, 5.74) is 2.84. The number of fused-ring (bicyclic) bond motifs is 1. The van der Waals surface area contributed by atoms with Crippen LogP contribution < -0.4 is 10.6 Å². The predicted octanol–water partition coefficient (Wildman–Crippen LogP) is 4.33. The van der Waals surface area contributed by atoms with Crippen LogP contribution in [-0.2, 0) is 4.79 Å². The molecule has 7 heteroatoms. The number of unbranched alkanes of at least 4 members (excludes halogenated alkanes) is 2. The first-order valence-electron chi connectivity index (χ1n) is 9.32. The number of hydrogen-bond donors (Lipinski definition) is 2. The molecule has 6 nitrogen and oxygen atoms in total. The maximum atomic E-state index is 12.5. The van der Waals surface area contributed by atoms with E-state index >= 15 is 0 Å². The number of anilines is 1. The van der Waals surface area contributed by atoms with E-state index in [-0.39, 0.29) is 11.8 Å². The molecule has 0 fully saturated rings. The Kier molecular flexibility index (Phi) is 6.81. The van der Waals surface area contributed by atoms with E-state index in [9.17, 15) is 9.59 Å². The van der Waals surface area contributed by atoms with Gasteiger partial charge in [-0.15, -0.1) is 0 Å². The van der Waals surface area contributed by atoms with Crippen molar-refractivity contribution in [1.29, 1.82) is 0 Å². The topological polar surface area (TPSA) is 75.5 Å². The van der Waals surface area contributed by atoms with Crippen molar-refractivity contribution in [1.82, 2.24) is 14.7 Å². The maximum absolute atomic E-state index is 12.5. The molecule has 1 aromatic carbocycles. The number of amides is 2. The van der Waals surface area contributed by atoms with Crippen molar-refractivity contribution in [3.63, 3.8) is 0 Å². The summed E-state index contributed by atoms with van der Waals surface area (Å²) in [6, 6.07) is 13.2. The summed E-state index contributed by atoms with van der Waals surface area (Å²) in [4.78, 5) is 28.9. The molecule has 0 saturated heterocycles. The number of hydrogen-bond acceptors (Lipinski definition) is 3. The van der Waals surface area contributed by atoms with Crippen molar-refractivity contribution in [2.24, 2.45) is 0 Å². The molecule has 3 aromatic rings. The number of pyridine rings is 1. The van der Waals surface area contributed by atoms with Gasteiger partial charge in [-0.2, -0.15) is 0 Å². The second kappa shape index (κ2) is 9.50. The van der Waals surface area contributed by atoms with Crippen molar-refractivity contribution in [3.05, 3.63) is 64.5 Å². The Balaban J connectivity index is 1.37. The van der Waals surface area contributed by atoms with Gasteiger partial charge in [0.05, 0.1) is 5.69 Å². The molecule has 2 N–H and O–H groups in total. The third-order valence-electron chi connectivity index (χ3n) is 4.39. The van der Waals surface area contributed by atoms with Gasteiger partial charge in [0.15, 0.2) is 0 Å². The van der Waals surface area contributed by atoms with E-state index in [0.717, 1.165) is 35.1 Å². The van der Waals surface area contributed by atoms with Gasteiger partial charge in [-0.1, -0.05) is 34.5 Å². The molecule has 0 spiro atoms. The molecule has 0 atom stereocenters. The van der Waals surface area contributed by atoms with Gasteiger partial charge in [0.2, 0.25) is 5.91 Å². The Morgan fingerprint density at radius 2 is 1.96 bits per heavy atom. The lowest BCUT2D eigenvalue weighted by atomic mass is 10.2. The van der Waals surface area contributed by atoms with Crippen LogP contribution in [0.15, 0.2) is 53.1 Å². The SMILES string of the molecule is Cc1nc2ccccn2c1C(=O)NCCCCCC(=O)Nc1cccc(Br)c1. The zero-order valence-electron chi connectivity index (χ0n) is 15.7. The van der Waals surface area contributed by atoms with Crippen molar-refractivity contribution >= 4 is 39.1 Å². The minimum atomic E-state index is -0.122. The Labute approximate surface area is 172 Å². The van der Waals surface area contributed by atoms with Gasteiger partial charge in [-0.25, -0.2) is 4.98 Å². The summed E-state index contributed by atoms with van der Waals surface area (Å²) in [7, 11) is 0. The van der Waals surface area contributed by atoms with E-state index in [1.807, 2.05) is 55.6 Å². The summed E-state index contributed by atoms with van der Waals surface area (Å²) in [5, 5.41) is 5.83. The summed E-state index contributed by atoms with van der Waals surface area (Å²) in [5.74, 6) is -0.118. The van der Waals surface area contributed by atoms with Crippen LogP contribution in [0, 0.1) is 6.92 Å². The summed E-state index contributed by atoms with van der Waals surface area (Å²) >= 11 is 3.39. The maximum Gasteiger partial charge on any atom is 0.270 e. The van der Waals surface area contributed by atoms with Crippen LogP contribution in [0.2, 0.25) is 0 Å². The highest BCUT2D eigenvalue weighted by Gasteiger charge is 2.15. The molecule has 0 unspecified atom stereocenters. The molecule has 0 aliphatic rings. The van der Waals surface area contributed by atoms with Crippen LogP contribution in [0.4, 0.5) is 5.69 Å². The molecule has 2 heterocycles. The first kappa shape index (κ1) is 20.1. The number of aromatic nitrogens is 2. The summed E-state index contributed by atoms with van der Waals surface area (Å²) < 4.78 is 2.74. The fraction of sp³-hybridized carbons (Fsp3) is 0.286. The molecular weight excluding hydrogens is 420 g/mol. The minimum Gasteiger partial charge on any atom is -0.351 e. The largest absolute Gasteiger partial charge is 0.351 e. The van der Waals surface area contributed by atoms with Gasteiger partial charge in [-0.05, 0) is 50.1 Å².